The summed E-state index contributed by atoms with van der Waals surface area (Å²) in [5.74, 6) is 0. The third-order valence-electron chi connectivity index (χ3n) is 8.11. The number of hydrogen-bond acceptors (Lipinski definition) is 3. The zero-order valence-corrected chi connectivity index (χ0v) is 26.8. The van der Waals surface area contributed by atoms with Gasteiger partial charge in [0.2, 0.25) is 0 Å². The number of likely N-dealkylation sites (tertiary alicyclic amines) is 1. The van der Waals surface area contributed by atoms with Crippen LogP contribution in [-0.4, -0.2) is 53.7 Å². The fraction of sp³-hybridized carbons (Fsp3) is 0.710. The minimum atomic E-state index is -2.60. The van der Waals surface area contributed by atoms with Crippen LogP contribution in [0.1, 0.15) is 105 Å². The molecule has 1 saturated heterocycles. The molecule has 1 fully saturated rings. The molecular formula is C31H51NO3Sn. The molecule has 0 N–H and O–H groups in total. The molecule has 1 aromatic carbocycles. The standard InChI is InChI=1S/C19H24NO3.3C4H9.Sn/c1-18(2,3)23-17(21)20-13-7-11-19(12-8-14-22-19)16(20)15-9-5-4-6-10-15;3*1-3-4-2;/h4-6,9-10,12,16H,7,11,13-14H2,1-3H3;3*1,3-4H2,2H3;/t16-,19?;;;;/m0..../s1. The molecule has 1 unspecified atom stereocenters. The van der Waals surface area contributed by atoms with Gasteiger partial charge in [0.15, 0.2) is 0 Å². The van der Waals surface area contributed by atoms with E-state index >= 15 is 0 Å². The normalized spacial score (nSPS) is 22.7. The molecule has 2 aliphatic rings. The second kappa shape index (κ2) is 13.2. The third kappa shape index (κ3) is 7.09. The molecule has 0 saturated carbocycles. The van der Waals surface area contributed by atoms with E-state index in [4.69, 9.17) is 9.47 Å². The van der Waals surface area contributed by atoms with E-state index in [0.29, 0.717) is 6.54 Å². The SMILES string of the molecule is CCC[CH2][Sn]([CH2]CCC)([CH2]CCC)[C]1=CC2(CCCN(C(=O)OC(C)(C)C)[C@H]2c2ccccc2)OC1. The quantitative estimate of drug-likeness (QED) is 0.237. The van der Waals surface area contributed by atoms with Gasteiger partial charge in [0.25, 0.3) is 0 Å². The molecule has 1 aromatic rings. The number of carbonyl (C=O) groups excluding carboxylic acids is 1. The predicted octanol–water partition coefficient (Wildman–Crippen LogP) is 8.84. The Balaban J connectivity index is 2.06. The molecule has 2 heterocycles. The van der Waals surface area contributed by atoms with Crippen LogP contribution >= 0.6 is 0 Å². The van der Waals surface area contributed by atoms with Crippen molar-refractivity contribution in [3.63, 3.8) is 0 Å². The molecule has 3 rings (SSSR count). The maximum atomic E-state index is 13.5. The molecule has 1 spiro atoms. The molecular weight excluding hydrogens is 553 g/mol. The van der Waals surface area contributed by atoms with Crippen LogP contribution in [0.15, 0.2) is 40.0 Å². The van der Waals surface area contributed by atoms with E-state index in [1.54, 1.807) is 3.59 Å². The molecule has 0 aliphatic carbocycles. The number of hydrogen-bond donors (Lipinski definition) is 0. The Labute approximate surface area is 225 Å². The Morgan fingerprint density at radius 3 is 2.14 bits per heavy atom. The van der Waals surface area contributed by atoms with Gasteiger partial charge >= 0.3 is 226 Å². The van der Waals surface area contributed by atoms with Gasteiger partial charge in [0.05, 0.1) is 0 Å². The predicted molar refractivity (Wildman–Crippen MR) is 153 cm³/mol. The summed E-state index contributed by atoms with van der Waals surface area (Å²) in [4.78, 5) is 15.4. The molecule has 0 radical (unpaired) electrons. The topological polar surface area (TPSA) is 38.8 Å². The van der Waals surface area contributed by atoms with Crippen molar-refractivity contribution in [1.82, 2.24) is 4.90 Å². The first kappa shape index (κ1) is 29.5. The van der Waals surface area contributed by atoms with E-state index in [1.165, 1.54) is 51.8 Å². The average molecular weight is 604 g/mol. The van der Waals surface area contributed by atoms with Crippen LogP contribution in [0.4, 0.5) is 4.79 Å². The van der Waals surface area contributed by atoms with E-state index < -0.39 is 29.6 Å². The van der Waals surface area contributed by atoms with E-state index in [0.717, 1.165) is 25.0 Å². The van der Waals surface area contributed by atoms with Gasteiger partial charge in [0, 0.05) is 0 Å². The van der Waals surface area contributed by atoms with Gasteiger partial charge in [-0.3, -0.25) is 0 Å². The van der Waals surface area contributed by atoms with Crippen molar-refractivity contribution < 1.29 is 14.3 Å². The van der Waals surface area contributed by atoms with Crippen LogP contribution in [0.5, 0.6) is 0 Å². The zero-order chi connectivity index (χ0) is 26.2. The fourth-order valence-corrected chi connectivity index (χ4v) is 22.6. The van der Waals surface area contributed by atoms with Crippen molar-refractivity contribution in [3.05, 3.63) is 45.6 Å². The second-order valence-electron chi connectivity index (χ2n) is 12.1. The summed E-state index contributed by atoms with van der Waals surface area (Å²) in [6, 6.07) is 10.4. The number of nitrogens with zero attached hydrogens (tertiary/aromatic N) is 1. The fourth-order valence-electron chi connectivity index (χ4n) is 6.27. The summed E-state index contributed by atoms with van der Waals surface area (Å²) in [7, 11) is 0. The van der Waals surface area contributed by atoms with Gasteiger partial charge < -0.3 is 0 Å². The summed E-state index contributed by atoms with van der Waals surface area (Å²) in [6.45, 7) is 14.3. The monoisotopic (exact) mass is 605 g/mol. The number of rotatable bonds is 11. The average Bonchev–Trinajstić information content (AvgIpc) is 3.27. The molecule has 202 valence electrons. The number of carbonyl (C=O) groups is 1. The Hall–Kier alpha value is -1.01. The molecule has 1 amide bonds. The number of ether oxygens (including phenoxy) is 2. The van der Waals surface area contributed by atoms with Crippen molar-refractivity contribution in [2.75, 3.05) is 13.2 Å². The van der Waals surface area contributed by atoms with Crippen molar-refractivity contribution in [2.24, 2.45) is 0 Å². The van der Waals surface area contributed by atoms with Gasteiger partial charge in [-0.1, -0.05) is 0 Å². The summed E-state index contributed by atoms with van der Waals surface area (Å²) >= 11 is -2.60. The Morgan fingerprint density at radius 2 is 1.61 bits per heavy atom. The van der Waals surface area contributed by atoms with Gasteiger partial charge in [-0.15, -0.1) is 0 Å². The van der Waals surface area contributed by atoms with E-state index in [2.05, 4.69) is 57.2 Å². The van der Waals surface area contributed by atoms with Crippen LogP contribution in [0.3, 0.4) is 0 Å². The molecule has 2 aliphatic heterocycles. The number of benzene rings is 1. The zero-order valence-electron chi connectivity index (χ0n) is 23.9. The van der Waals surface area contributed by atoms with Gasteiger partial charge in [-0.25, -0.2) is 0 Å². The van der Waals surface area contributed by atoms with Crippen molar-refractivity contribution >= 4 is 24.5 Å². The second-order valence-corrected chi connectivity index (χ2v) is 25.5. The van der Waals surface area contributed by atoms with E-state index in [-0.39, 0.29) is 12.1 Å². The summed E-state index contributed by atoms with van der Waals surface area (Å²) < 4.78 is 18.9. The first-order chi connectivity index (χ1) is 17.2. The first-order valence-electron chi connectivity index (χ1n) is 14.6. The third-order valence-corrected chi connectivity index (χ3v) is 24.0. The number of unbranched alkanes of at least 4 members (excludes halogenated alkanes) is 3. The van der Waals surface area contributed by atoms with Gasteiger partial charge in [-0.2, -0.15) is 0 Å². The van der Waals surface area contributed by atoms with Gasteiger partial charge in [0.1, 0.15) is 0 Å². The summed E-state index contributed by atoms with van der Waals surface area (Å²) in [6.07, 6.45) is 12.1. The minimum absolute atomic E-state index is 0.146. The van der Waals surface area contributed by atoms with E-state index in [9.17, 15) is 4.79 Å². The van der Waals surface area contributed by atoms with Crippen LogP contribution in [0, 0.1) is 0 Å². The van der Waals surface area contributed by atoms with Crippen molar-refractivity contribution in [2.45, 2.75) is 123 Å². The summed E-state index contributed by atoms with van der Waals surface area (Å²) in [5.41, 5.74) is 0.183. The van der Waals surface area contributed by atoms with Crippen LogP contribution in [0.25, 0.3) is 0 Å². The summed E-state index contributed by atoms with van der Waals surface area (Å²) in [5, 5.41) is 0. The van der Waals surface area contributed by atoms with Crippen LogP contribution in [-0.2, 0) is 9.47 Å². The number of amides is 1. The van der Waals surface area contributed by atoms with Crippen molar-refractivity contribution in [3.8, 4) is 0 Å². The first-order valence-corrected chi connectivity index (χ1v) is 22.1. The molecule has 0 aromatic heterocycles. The molecule has 0 bridgehead atoms. The Bertz CT molecular complexity index is 841. The van der Waals surface area contributed by atoms with Crippen molar-refractivity contribution in [1.29, 1.82) is 0 Å². The number of piperidine rings is 1. The molecule has 4 nitrogen and oxygen atoms in total. The molecule has 2 atom stereocenters. The molecule has 36 heavy (non-hydrogen) atoms. The maximum absolute atomic E-state index is 13.5. The Kier molecular flexibility index (Phi) is 10.8. The van der Waals surface area contributed by atoms with Crippen LogP contribution < -0.4 is 0 Å². The van der Waals surface area contributed by atoms with Gasteiger partial charge in [-0.05, 0) is 0 Å². The Morgan fingerprint density at radius 1 is 1.03 bits per heavy atom. The van der Waals surface area contributed by atoms with E-state index in [1.807, 2.05) is 25.7 Å². The van der Waals surface area contributed by atoms with Crippen LogP contribution in [0.2, 0.25) is 13.3 Å². The molecule has 5 heteroatoms.